The molecule has 0 radical (unpaired) electrons. The van der Waals surface area contributed by atoms with E-state index in [1.165, 1.54) is 20.0 Å². The Morgan fingerprint density at radius 2 is 1.94 bits per heavy atom. The van der Waals surface area contributed by atoms with Crippen LogP contribution in [0.5, 0.6) is 0 Å². The first-order valence-corrected chi connectivity index (χ1v) is 10.5. The smallest absolute Gasteiger partial charge is 0.410 e. The van der Waals surface area contributed by atoms with Crippen LogP contribution in [0.15, 0.2) is 18.3 Å². The Labute approximate surface area is 185 Å². The number of nitrogens with one attached hydrogen (secondary N) is 2. The Hall–Kier alpha value is -2.88. The highest BCUT2D eigenvalue weighted by Crippen LogP contribution is 2.13. The first-order chi connectivity index (χ1) is 14.8. The molecule has 0 saturated carbocycles. The van der Waals surface area contributed by atoms with Crippen LogP contribution in [0.3, 0.4) is 0 Å². The number of ether oxygens (including phenoxy) is 2. The lowest BCUT2D eigenvalue weighted by atomic mass is 10.1. The van der Waals surface area contributed by atoms with Gasteiger partial charge in [-0.3, -0.25) is 14.4 Å². The van der Waals surface area contributed by atoms with Gasteiger partial charge in [-0.1, -0.05) is 11.6 Å². The fraction of sp³-hybridized carbons (Fsp3) is 0.550. The van der Waals surface area contributed by atoms with Gasteiger partial charge in [0.15, 0.2) is 0 Å². The van der Waals surface area contributed by atoms with Crippen molar-refractivity contribution in [3.8, 4) is 0 Å². The molecule has 2 N–H and O–H groups in total. The van der Waals surface area contributed by atoms with Crippen molar-refractivity contribution < 1.29 is 28.7 Å². The Morgan fingerprint density at radius 1 is 1.23 bits per heavy atom. The van der Waals surface area contributed by atoms with Crippen molar-refractivity contribution in [2.45, 2.75) is 51.9 Å². The summed E-state index contributed by atoms with van der Waals surface area (Å²) in [6.45, 7) is 4.13. The summed E-state index contributed by atoms with van der Waals surface area (Å²) < 4.78 is 9.72. The number of nitrogens with zero attached hydrogens (tertiary/aromatic N) is 2. The number of rotatable bonds is 9. The van der Waals surface area contributed by atoms with Crippen LogP contribution < -0.4 is 10.6 Å². The van der Waals surface area contributed by atoms with Crippen molar-refractivity contribution >= 4 is 35.5 Å². The van der Waals surface area contributed by atoms with Gasteiger partial charge in [0, 0.05) is 39.7 Å². The normalized spacial score (nSPS) is 15.0. The molecule has 10 nitrogen and oxygen atoms in total. The molecule has 1 saturated heterocycles. The highest BCUT2D eigenvalue weighted by molar-refractivity contribution is 6.32. The molecule has 1 fully saturated rings. The quantitative estimate of drug-likeness (QED) is 0.252. The lowest BCUT2D eigenvalue weighted by molar-refractivity contribution is -0.162. The molecular formula is C20H27ClN4O6. The molecule has 31 heavy (non-hydrogen) atoms. The average Bonchev–Trinajstić information content (AvgIpc) is 3.24. The number of alkyl carbamates (subject to hydrolysis) is 1. The minimum absolute atomic E-state index is 0.105. The molecule has 2 heterocycles. The van der Waals surface area contributed by atoms with Crippen molar-refractivity contribution in [3.63, 3.8) is 0 Å². The predicted octanol–water partition coefficient (Wildman–Crippen LogP) is 1.87. The second kappa shape index (κ2) is 12.1. The number of halogens is 1. The number of hydrogen-bond donors (Lipinski definition) is 2. The fourth-order valence-electron chi connectivity index (χ4n) is 3.16. The summed E-state index contributed by atoms with van der Waals surface area (Å²) in [5.74, 6) is -1.17. The van der Waals surface area contributed by atoms with Crippen molar-refractivity contribution in [2.75, 3.05) is 19.6 Å². The average molecular weight is 455 g/mol. The minimum Gasteiger partial charge on any atom is -0.426 e. The number of carbonyl (C=O) groups is 4. The van der Waals surface area contributed by atoms with Crippen LogP contribution in [0.2, 0.25) is 5.15 Å². The van der Waals surface area contributed by atoms with Gasteiger partial charge in [-0.05, 0) is 37.8 Å². The summed E-state index contributed by atoms with van der Waals surface area (Å²) in [7, 11) is 0. The van der Waals surface area contributed by atoms with Gasteiger partial charge in [0.2, 0.25) is 12.2 Å². The largest absolute Gasteiger partial charge is 0.426 e. The summed E-state index contributed by atoms with van der Waals surface area (Å²) in [6.07, 6.45) is 2.07. The molecule has 3 amide bonds. The second-order valence-electron chi connectivity index (χ2n) is 7.05. The summed E-state index contributed by atoms with van der Waals surface area (Å²) >= 11 is 5.91. The van der Waals surface area contributed by atoms with Crippen LogP contribution in [0.25, 0.3) is 0 Å². The maximum Gasteiger partial charge on any atom is 0.410 e. The zero-order chi connectivity index (χ0) is 22.8. The third kappa shape index (κ3) is 8.05. The fourth-order valence-corrected chi connectivity index (χ4v) is 3.36. The highest BCUT2D eigenvalue weighted by Gasteiger charge is 2.28. The van der Waals surface area contributed by atoms with E-state index in [1.54, 1.807) is 17.0 Å². The van der Waals surface area contributed by atoms with E-state index in [1.807, 2.05) is 0 Å². The molecule has 2 rings (SSSR count). The van der Waals surface area contributed by atoms with E-state index in [4.69, 9.17) is 21.1 Å². The minimum atomic E-state index is -1.08. The van der Waals surface area contributed by atoms with E-state index in [0.29, 0.717) is 19.5 Å². The molecule has 0 aliphatic carbocycles. The first-order valence-electron chi connectivity index (χ1n) is 10.1. The molecule has 0 aromatic carbocycles. The Kier molecular flexibility index (Phi) is 9.51. The van der Waals surface area contributed by atoms with Gasteiger partial charge < -0.3 is 25.0 Å². The van der Waals surface area contributed by atoms with E-state index in [-0.39, 0.29) is 35.5 Å². The molecule has 0 spiro atoms. The lowest BCUT2D eigenvalue weighted by Crippen LogP contribution is -2.48. The maximum atomic E-state index is 12.8. The number of hydrogen-bond acceptors (Lipinski definition) is 7. The third-order valence-electron chi connectivity index (χ3n) is 4.57. The summed E-state index contributed by atoms with van der Waals surface area (Å²) in [5.41, 5.74) is 0.259. The van der Waals surface area contributed by atoms with Crippen LogP contribution in [0.1, 0.15) is 49.9 Å². The van der Waals surface area contributed by atoms with E-state index in [9.17, 15) is 19.2 Å². The Bertz CT molecular complexity index is 800. The van der Waals surface area contributed by atoms with Crippen LogP contribution in [0.4, 0.5) is 4.79 Å². The SMILES string of the molecule is CC(=O)OC(C)OC(=O)N[C@@H](CCCNC(=O)c1cccnc1Cl)C(=O)N1CCCC1. The maximum absolute atomic E-state index is 12.8. The first kappa shape index (κ1) is 24.4. The molecular weight excluding hydrogens is 428 g/mol. The zero-order valence-corrected chi connectivity index (χ0v) is 18.3. The number of aromatic nitrogens is 1. The van der Waals surface area contributed by atoms with Gasteiger partial charge in [0.25, 0.3) is 5.91 Å². The van der Waals surface area contributed by atoms with Crippen LogP contribution in [-0.2, 0) is 19.1 Å². The van der Waals surface area contributed by atoms with Crippen LogP contribution >= 0.6 is 11.6 Å². The molecule has 2 atom stereocenters. The van der Waals surface area contributed by atoms with Gasteiger partial charge in [0.05, 0.1) is 5.56 Å². The molecule has 170 valence electrons. The van der Waals surface area contributed by atoms with Gasteiger partial charge in [-0.25, -0.2) is 9.78 Å². The lowest BCUT2D eigenvalue weighted by Gasteiger charge is -2.24. The molecule has 1 aliphatic rings. The standard InChI is InChI=1S/C20H27ClN4O6/c1-13(26)30-14(2)31-20(29)24-16(19(28)25-11-3-4-12-25)8-6-10-23-18(27)15-7-5-9-22-17(15)21/h5,7,9,14,16H,3-4,6,8,10-12H2,1-2H3,(H,23,27)(H,24,29)/t14?,16-/m0/s1. The Balaban J connectivity index is 1.88. The summed E-state index contributed by atoms with van der Waals surface area (Å²) in [6, 6.07) is 2.35. The van der Waals surface area contributed by atoms with Crippen molar-refractivity contribution in [3.05, 3.63) is 29.0 Å². The van der Waals surface area contributed by atoms with Gasteiger partial charge >= 0.3 is 12.1 Å². The molecule has 1 aliphatic heterocycles. The van der Waals surface area contributed by atoms with E-state index in [2.05, 4.69) is 15.6 Å². The molecule has 11 heteroatoms. The van der Waals surface area contributed by atoms with Crippen molar-refractivity contribution in [2.24, 2.45) is 0 Å². The van der Waals surface area contributed by atoms with Gasteiger partial charge in [0.1, 0.15) is 11.2 Å². The van der Waals surface area contributed by atoms with Crippen LogP contribution in [-0.4, -0.2) is 65.7 Å². The van der Waals surface area contributed by atoms with E-state index >= 15 is 0 Å². The monoisotopic (exact) mass is 454 g/mol. The summed E-state index contributed by atoms with van der Waals surface area (Å²) in [5, 5.41) is 5.37. The zero-order valence-electron chi connectivity index (χ0n) is 17.6. The molecule has 0 bridgehead atoms. The van der Waals surface area contributed by atoms with Crippen molar-refractivity contribution in [1.82, 2.24) is 20.5 Å². The van der Waals surface area contributed by atoms with Crippen LogP contribution in [0, 0.1) is 0 Å². The summed E-state index contributed by atoms with van der Waals surface area (Å²) in [4.78, 5) is 53.6. The third-order valence-corrected chi connectivity index (χ3v) is 4.87. The highest BCUT2D eigenvalue weighted by atomic mass is 35.5. The van der Waals surface area contributed by atoms with E-state index in [0.717, 1.165) is 12.8 Å². The number of esters is 1. The number of carbonyl (C=O) groups excluding carboxylic acids is 4. The van der Waals surface area contributed by atoms with Gasteiger partial charge in [-0.2, -0.15) is 0 Å². The molecule has 1 unspecified atom stereocenters. The number of pyridine rings is 1. The number of likely N-dealkylation sites (tertiary alicyclic amines) is 1. The van der Waals surface area contributed by atoms with Gasteiger partial charge in [-0.15, -0.1) is 0 Å². The number of amides is 3. The molecule has 1 aromatic heterocycles. The Morgan fingerprint density at radius 3 is 2.58 bits per heavy atom. The topological polar surface area (TPSA) is 127 Å². The molecule has 1 aromatic rings. The second-order valence-corrected chi connectivity index (χ2v) is 7.41. The predicted molar refractivity (Wildman–Crippen MR) is 111 cm³/mol. The van der Waals surface area contributed by atoms with E-state index < -0.39 is 24.4 Å². The van der Waals surface area contributed by atoms with Crippen molar-refractivity contribution in [1.29, 1.82) is 0 Å².